The van der Waals surface area contributed by atoms with E-state index in [1.165, 1.54) is 11.3 Å². The highest BCUT2D eigenvalue weighted by Gasteiger charge is 2.22. The third kappa shape index (κ3) is 5.16. The van der Waals surface area contributed by atoms with Crippen molar-refractivity contribution in [3.63, 3.8) is 0 Å². The van der Waals surface area contributed by atoms with Crippen molar-refractivity contribution >= 4 is 28.2 Å². The van der Waals surface area contributed by atoms with Crippen LogP contribution in [0.1, 0.15) is 43.1 Å². The lowest BCUT2D eigenvalue weighted by molar-refractivity contribution is -0.115. The molecule has 0 aliphatic carbocycles. The number of carbonyl (C=O) groups is 2. The fraction of sp³-hybridized carbons (Fsp3) is 0.400. The van der Waals surface area contributed by atoms with Crippen molar-refractivity contribution in [2.45, 2.75) is 40.2 Å². The molecule has 2 aromatic rings. The van der Waals surface area contributed by atoms with Crippen molar-refractivity contribution in [2.75, 3.05) is 18.5 Å². The van der Waals surface area contributed by atoms with E-state index in [0.717, 1.165) is 23.1 Å². The van der Waals surface area contributed by atoms with Gasteiger partial charge < -0.3 is 15.4 Å². The summed E-state index contributed by atoms with van der Waals surface area (Å²) in [5.74, 6) is -0.595. The Labute approximate surface area is 158 Å². The van der Waals surface area contributed by atoms with Gasteiger partial charge in [0, 0.05) is 17.0 Å². The molecule has 1 heterocycles. The van der Waals surface area contributed by atoms with Gasteiger partial charge in [0.1, 0.15) is 10.6 Å². The first-order valence-electron chi connectivity index (χ1n) is 8.85. The zero-order chi connectivity index (χ0) is 19.1. The van der Waals surface area contributed by atoms with E-state index < -0.39 is 5.97 Å². The van der Waals surface area contributed by atoms with Crippen LogP contribution in [0.4, 0.5) is 5.00 Å². The van der Waals surface area contributed by atoms with Crippen LogP contribution in [0.5, 0.6) is 0 Å². The van der Waals surface area contributed by atoms with Crippen LogP contribution < -0.4 is 10.6 Å². The van der Waals surface area contributed by atoms with Gasteiger partial charge in [-0.3, -0.25) is 4.79 Å². The molecule has 140 valence electrons. The summed E-state index contributed by atoms with van der Waals surface area (Å²) in [5.41, 5.74) is 3.26. The van der Waals surface area contributed by atoms with Crippen LogP contribution in [0.15, 0.2) is 29.6 Å². The van der Waals surface area contributed by atoms with Gasteiger partial charge in [-0.15, -0.1) is 11.3 Å². The highest BCUT2D eigenvalue weighted by Crippen LogP contribution is 2.36. The second-order valence-corrected chi connectivity index (χ2v) is 7.06. The zero-order valence-corrected chi connectivity index (χ0v) is 16.5. The van der Waals surface area contributed by atoms with E-state index in [4.69, 9.17) is 4.74 Å². The normalized spacial score (nSPS) is 11.8. The standard InChI is InChI=1S/C20H26N2O3S/c1-5-14(4)21-11-17(23)22-19-18(20(24)25-6-2)16(12-26-19)15-9-7-13(3)8-10-15/h7-10,12,14,21H,5-6,11H2,1-4H3,(H,22,23)/t14-/m0/s1. The van der Waals surface area contributed by atoms with Crippen molar-refractivity contribution in [1.29, 1.82) is 0 Å². The minimum atomic E-state index is -0.422. The molecule has 1 atom stereocenters. The van der Waals surface area contributed by atoms with Gasteiger partial charge in [0.25, 0.3) is 0 Å². The third-order valence-corrected chi connectivity index (χ3v) is 5.01. The summed E-state index contributed by atoms with van der Waals surface area (Å²) >= 11 is 1.34. The van der Waals surface area contributed by atoms with Gasteiger partial charge in [0.15, 0.2) is 0 Å². The van der Waals surface area contributed by atoms with Gasteiger partial charge in [-0.1, -0.05) is 36.8 Å². The van der Waals surface area contributed by atoms with Crippen molar-refractivity contribution in [3.05, 3.63) is 40.8 Å². The van der Waals surface area contributed by atoms with Crippen molar-refractivity contribution in [1.82, 2.24) is 5.32 Å². The molecule has 0 fully saturated rings. The van der Waals surface area contributed by atoms with Crippen LogP contribution in [-0.2, 0) is 9.53 Å². The van der Waals surface area contributed by atoms with E-state index in [0.29, 0.717) is 10.6 Å². The number of anilines is 1. The number of esters is 1. The van der Waals surface area contributed by atoms with Gasteiger partial charge in [-0.25, -0.2) is 4.79 Å². The number of nitrogens with one attached hydrogen (secondary N) is 2. The number of amides is 1. The monoisotopic (exact) mass is 374 g/mol. The lowest BCUT2D eigenvalue weighted by Gasteiger charge is -2.12. The first-order chi connectivity index (χ1) is 12.5. The average Bonchev–Trinajstić information content (AvgIpc) is 3.04. The molecule has 0 saturated carbocycles. The molecule has 1 aromatic heterocycles. The molecule has 1 aromatic carbocycles. The Hall–Kier alpha value is -2.18. The minimum absolute atomic E-state index is 0.173. The van der Waals surface area contributed by atoms with Gasteiger partial charge >= 0.3 is 5.97 Å². The Morgan fingerprint density at radius 2 is 1.88 bits per heavy atom. The van der Waals surface area contributed by atoms with Crippen molar-refractivity contribution in [3.8, 4) is 11.1 Å². The topological polar surface area (TPSA) is 67.4 Å². The quantitative estimate of drug-likeness (QED) is 0.679. The van der Waals surface area contributed by atoms with Crippen LogP contribution in [0, 0.1) is 6.92 Å². The van der Waals surface area contributed by atoms with Crippen molar-refractivity contribution < 1.29 is 14.3 Å². The SMILES string of the molecule is CCOC(=O)c1c(-c2ccc(C)cc2)csc1NC(=O)CN[C@@H](C)CC. The first kappa shape index (κ1) is 20.1. The highest BCUT2D eigenvalue weighted by molar-refractivity contribution is 7.15. The summed E-state index contributed by atoms with van der Waals surface area (Å²) in [4.78, 5) is 24.7. The minimum Gasteiger partial charge on any atom is -0.462 e. The molecule has 5 nitrogen and oxygen atoms in total. The molecule has 0 aliphatic rings. The summed E-state index contributed by atoms with van der Waals surface area (Å²) in [6, 6.07) is 8.19. The average molecular weight is 375 g/mol. The fourth-order valence-electron chi connectivity index (χ4n) is 2.38. The maximum absolute atomic E-state index is 12.5. The highest BCUT2D eigenvalue weighted by atomic mass is 32.1. The lowest BCUT2D eigenvalue weighted by atomic mass is 10.0. The number of thiophene rings is 1. The summed E-state index contributed by atoms with van der Waals surface area (Å²) in [6.07, 6.45) is 0.942. The molecular weight excluding hydrogens is 348 g/mol. The van der Waals surface area contributed by atoms with Crippen LogP contribution in [0.3, 0.4) is 0 Å². The Morgan fingerprint density at radius 3 is 2.50 bits per heavy atom. The molecule has 2 N–H and O–H groups in total. The Morgan fingerprint density at radius 1 is 1.19 bits per heavy atom. The smallest absolute Gasteiger partial charge is 0.341 e. The molecule has 26 heavy (non-hydrogen) atoms. The number of ether oxygens (including phenoxy) is 1. The van der Waals surface area contributed by atoms with E-state index in [-0.39, 0.29) is 25.1 Å². The number of hydrogen-bond acceptors (Lipinski definition) is 5. The fourth-order valence-corrected chi connectivity index (χ4v) is 3.36. The molecule has 0 radical (unpaired) electrons. The van der Waals surface area contributed by atoms with E-state index in [1.54, 1.807) is 6.92 Å². The number of hydrogen-bond donors (Lipinski definition) is 2. The maximum atomic E-state index is 12.5. The van der Waals surface area contributed by atoms with Gasteiger partial charge in [-0.05, 0) is 32.8 Å². The van der Waals surface area contributed by atoms with Gasteiger partial charge in [0.05, 0.1) is 13.2 Å². The number of aryl methyl sites for hydroxylation is 1. The predicted molar refractivity (Wildman–Crippen MR) is 107 cm³/mol. The summed E-state index contributed by atoms with van der Waals surface area (Å²) in [7, 11) is 0. The molecular formula is C20H26N2O3S. The van der Waals surface area contributed by atoms with Crippen LogP contribution in [0.25, 0.3) is 11.1 Å². The Bertz CT molecular complexity index is 753. The largest absolute Gasteiger partial charge is 0.462 e. The Kier molecular flexibility index (Phi) is 7.36. The number of carbonyl (C=O) groups excluding carboxylic acids is 2. The summed E-state index contributed by atoms with van der Waals surface area (Å²) in [6.45, 7) is 8.35. The molecule has 1 amide bonds. The number of benzene rings is 1. The van der Waals surface area contributed by atoms with Crippen LogP contribution >= 0.6 is 11.3 Å². The van der Waals surface area contributed by atoms with Gasteiger partial charge in [-0.2, -0.15) is 0 Å². The predicted octanol–water partition coefficient (Wildman–Crippen LogP) is 4.23. The molecule has 0 aliphatic heterocycles. The summed E-state index contributed by atoms with van der Waals surface area (Å²) in [5, 5.41) is 8.40. The second-order valence-electron chi connectivity index (χ2n) is 6.18. The first-order valence-corrected chi connectivity index (χ1v) is 9.73. The van der Waals surface area contributed by atoms with E-state index in [9.17, 15) is 9.59 Å². The molecule has 0 saturated heterocycles. The van der Waals surface area contributed by atoms with E-state index >= 15 is 0 Å². The maximum Gasteiger partial charge on any atom is 0.341 e. The molecule has 2 rings (SSSR count). The summed E-state index contributed by atoms with van der Waals surface area (Å²) < 4.78 is 5.21. The van der Waals surface area contributed by atoms with Crippen LogP contribution in [0.2, 0.25) is 0 Å². The second kappa shape index (κ2) is 9.50. The van der Waals surface area contributed by atoms with E-state index in [2.05, 4.69) is 17.6 Å². The number of rotatable bonds is 8. The van der Waals surface area contributed by atoms with Crippen LogP contribution in [-0.4, -0.2) is 31.1 Å². The van der Waals surface area contributed by atoms with E-state index in [1.807, 2.05) is 43.5 Å². The molecule has 6 heteroatoms. The Balaban J connectivity index is 2.27. The third-order valence-electron chi connectivity index (χ3n) is 4.11. The molecule has 0 unspecified atom stereocenters. The molecule has 0 bridgehead atoms. The zero-order valence-electron chi connectivity index (χ0n) is 15.7. The van der Waals surface area contributed by atoms with Crippen molar-refractivity contribution in [2.24, 2.45) is 0 Å². The molecule has 0 spiro atoms. The van der Waals surface area contributed by atoms with Gasteiger partial charge in [0.2, 0.25) is 5.91 Å². The lowest BCUT2D eigenvalue weighted by Crippen LogP contribution is -2.34.